The minimum Gasteiger partial charge on any atom is -0.367 e. The Kier molecular flexibility index (Phi) is 5.75. The molecule has 2 heterocycles. The summed E-state index contributed by atoms with van der Waals surface area (Å²) < 4.78 is 0.952. The highest BCUT2D eigenvalue weighted by Crippen LogP contribution is 2.24. The lowest BCUT2D eigenvalue weighted by Gasteiger charge is -2.30. The number of anilines is 1. The molecule has 0 radical (unpaired) electrons. The molecule has 1 saturated carbocycles. The third kappa shape index (κ3) is 4.69. The molecule has 0 bridgehead atoms. The Bertz CT molecular complexity index is 477. The number of rotatable bonds is 4. The number of pyridine rings is 1. The monoisotopic (exact) mass is 365 g/mol. The highest BCUT2D eigenvalue weighted by atomic mass is 79.9. The van der Waals surface area contributed by atoms with Gasteiger partial charge in [0, 0.05) is 12.6 Å². The molecule has 0 aromatic carbocycles. The maximum absolute atomic E-state index is 4.62. The van der Waals surface area contributed by atoms with E-state index in [1.807, 2.05) is 0 Å². The zero-order chi connectivity index (χ0) is 15.4. The molecule has 4 heteroatoms. The second kappa shape index (κ2) is 7.78. The van der Waals surface area contributed by atoms with Crippen LogP contribution in [0.15, 0.2) is 16.7 Å². The molecule has 0 unspecified atom stereocenters. The second-order valence-electron chi connectivity index (χ2n) is 7.12. The van der Waals surface area contributed by atoms with Gasteiger partial charge in [0.1, 0.15) is 10.4 Å². The van der Waals surface area contributed by atoms with E-state index >= 15 is 0 Å². The Balaban J connectivity index is 1.61. The molecule has 1 aliphatic carbocycles. The van der Waals surface area contributed by atoms with E-state index in [1.165, 1.54) is 63.6 Å². The molecule has 1 aromatic heterocycles. The Morgan fingerprint density at radius 1 is 1.14 bits per heavy atom. The van der Waals surface area contributed by atoms with Crippen LogP contribution in [0.1, 0.15) is 57.4 Å². The Hall–Kier alpha value is -0.610. The number of hydrogen-bond donors (Lipinski definition) is 1. The van der Waals surface area contributed by atoms with Crippen molar-refractivity contribution in [1.82, 2.24) is 9.88 Å². The summed E-state index contributed by atoms with van der Waals surface area (Å²) in [5, 5.41) is 3.65. The van der Waals surface area contributed by atoms with E-state index in [1.54, 1.807) is 0 Å². The summed E-state index contributed by atoms with van der Waals surface area (Å²) in [5.41, 5.74) is 1.37. The molecule has 2 aliphatic rings. The lowest BCUT2D eigenvalue weighted by Crippen LogP contribution is -2.32. The minimum atomic E-state index is 0.610. The Labute approximate surface area is 143 Å². The Morgan fingerprint density at radius 3 is 2.59 bits per heavy atom. The average Bonchev–Trinajstić information content (AvgIpc) is 2.50. The van der Waals surface area contributed by atoms with Crippen molar-refractivity contribution in [2.24, 2.45) is 5.92 Å². The van der Waals surface area contributed by atoms with Gasteiger partial charge in [-0.05, 0) is 78.3 Å². The normalized spacial score (nSPS) is 21.9. The number of hydrogen-bond acceptors (Lipinski definition) is 3. The summed E-state index contributed by atoms with van der Waals surface area (Å²) in [6.07, 6.45) is 9.33. The zero-order valence-corrected chi connectivity index (χ0v) is 15.2. The van der Waals surface area contributed by atoms with Crippen LogP contribution in [0.4, 0.5) is 5.82 Å². The molecule has 122 valence electrons. The van der Waals surface area contributed by atoms with E-state index in [9.17, 15) is 0 Å². The fourth-order valence-corrected chi connectivity index (χ4v) is 4.13. The largest absolute Gasteiger partial charge is 0.367 e. The first kappa shape index (κ1) is 16.3. The van der Waals surface area contributed by atoms with Gasteiger partial charge in [0.2, 0.25) is 0 Å². The van der Waals surface area contributed by atoms with Crippen molar-refractivity contribution in [1.29, 1.82) is 0 Å². The lowest BCUT2D eigenvalue weighted by molar-refractivity contribution is 0.185. The molecule has 1 aliphatic heterocycles. The Morgan fingerprint density at radius 2 is 1.86 bits per heavy atom. The molecule has 2 fully saturated rings. The molecule has 1 N–H and O–H groups in total. The van der Waals surface area contributed by atoms with Crippen molar-refractivity contribution < 1.29 is 0 Å². The van der Waals surface area contributed by atoms with Crippen molar-refractivity contribution in [3.8, 4) is 0 Å². The summed E-state index contributed by atoms with van der Waals surface area (Å²) in [5.74, 6) is 1.94. The number of aromatic nitrogens is 1. The first-order chi connectivity index (χ1) is 10.7. The van der Waals surface area contributed by atoms with Gasteiger partial charge in [0.15, 0.2) is 0 Å². The number of halogens is 1. The molecule has 0 atom stereocenters. The average molecular weight is 366 g/mol. The molecule has 1 aromatic rings. The van der Waals surface area contributed by atoms with Crippen LogP contribution in [0.3, 0.4) is 0 Å². The first-order valence-electron chi connectivity index (χ1n) is 8.84. The fourth-order valence-electron chi connectivity index (χ4n) is 3.65. The van der Waals surface area contributed by atoms with Gasteiger partial charge in [-0.25, -0.2) is 4.98 Å². The minimum absolute atomic E-state index is 0.610. The second-order valence-corrected chi connectivity index (χ2v) is 7.93. The number of piperidine rings is 1. The third-order valence-corrected chi connectivity index (χ3v) is 5.50. The number of likely N-dealkylation sites (tertiary alicyclic amines) is 1. The highest BCUT2D eigenvalue weighted by molar-refractivity contribution is 9.10. The number of nitrogens with zero attached hydrogens (tertiary/aromatic N) is 2. The van der Waals surface area contributed by atoms with Crippen LogP contribution in [0.5, 0.6) is 0 Å². The molecule has 3 nitrogen and oxygen atoms in total. The summed E-state index contributed by atoms with van der Waals surface area (Å²) in [6.45, 7) is 5.87. The highest BCUT2D eigenvalue weighted by Gasteiger charge is 2.17. The van der Waals surface area contributed by atoms with Crippen LogP contribution in [0, 0.1) is 5.92 Å². The van der Waals surface area contributed by atoms with Crippen LogP contribution < -0.4 is 5.32 Å². The molecule has 1 saturated heterocycles. The van der Waals surface area contributed by atoms with Gasteiger partial charge < -0.3 is 5.32 Å². The fraction of sp³-hybridized carbons (Fsp3) is 0.722. The van der Waals surface area contributed by atoms with E-state index < -0.39 is 0 Å². The summed E-state index contributed by atoms with van der Waals surface area (Å²) in [7, 11) is 0. The maximum atomic E-state index is 4.62. The van der Waals surface area contributed by atoms with Crippen LogP contribution in [0.2, 0.25) is 0 Å². The van der Waals surface area contributed by atoms with Crippen molar-refractivity contribution in [2.45, 2.75) is 64.5 Å². The molecule has 3 rings (SSSR count). The van der Waals surface area contributed by atoms with E-state index in [0.717, 1.165) is 22.9 Å². The topological polar surface area (TPSA) is 28.2 Å². The van der Waals surface area contributed by atoms with Crippen LogP contribution >= 0.6 is 15.9 Å². The van der Waals surface area contributed by atoms with E-state index in [4.69, 9.17) is 0 Å². The molecule has 0 amide bonds. The molecule has 22 heavy (non-hydrogen) atoms. The molecular weight excluding hydrogens is 338 g/mol. The molecule has 0 spiro atoms. The zero-order valence-electron chi connectivity index (χ0n) is 13.7. The van der Waals surface area contributed by atoms with Crippen molar-refractivity contribution in [2.75, 3.05) is 18.4 Å². The first-order valence-corrected chi connectivity index (χ1v) is 9.64. The van der Waals surface area contributed by atoms with Gasteiger partial charge >= 0.3 is 0 Å². The lowest BCUT2D eigenvalue weighted by atomic mass is 9.95. The smallest absolute Gasteiger partial charge is 0.127 e. The van der Waals surface area contributed by atoms with Crippen molar-refractivity contribution >= 4 is 21.7 Å². The van der Waals surface area contributed by atoms with Crippen LogP contribution in [-0.2, 0) is 6.54 Å². The van der Waals surface area contributed by atoms with Gasteiger partial charge in [-0.1, -0.05) is 26.2 Å². The van der Waals surface area contributed by atoms with Crippen LogP contribution in [-0.4, -0.2) is 29.0 Å². The third-order valence-electron chi connectivity index (χ3n) is 5.09. The predicted molar refractivity (Wildman–Crippen MR) is 96.1 cm³/mol. The van der Waals surface area contributed by atoms with E-state index in [0.29, 0.717) is 6.04 Å². The van der Waals surface area contributed by atoms with Gasteiger partial charge in [-0.15, -0.1) is 0 Å². The molecular formula is C18H28BrN3. The standard InChI is InChI=1S/C18H28BrN3/c1-14-7-9-22(10-8-14)13-15-11-17(19)21-18(12-15)20-16-5-3-2-4-6-16/h11-12,14,16H,2-10,13H2,1H3,(H,20,21). The SMILES string of the molecule is CC1CCN(Cc2cc(Br)nc(NC3CCCCC3)c2)CC1. The van der Waals surface area contributed by atoms with Gasteiger partial charge in [-0.2, -0.15) is 0 Å². The van der Waals surface area contributed by atoms with Crippen LogP contribution in [0.25, 0.3) is 0 Å². The maximum Gasteiger partial charge on any atom is 0.127 e. The summed E-state index contributed by atoms with van der Waals surface area (Å²) >= 11 is 3.58. The van der Waals surface area contributed by atoms with Crippen molar-refractivity contribution in [3.05, 3.63) is 22.3 Å². The summed E-state index contributed by atoms with van der Waals surface area (Å²) in [4.78, 5) is 7.20. The summed E-state index contributed by atoms with van der Waals surface area (Å²) in [6, 6.07) is 5.03. The van der Waals surface area contributed by atoms with E-state index in [2.05, 4.69) is 50.2 Å². The van der Waals surface area contributed by atoms with Gasteiger partial charge in [-0.3, -0.25) is 4.90 Å². The quantitative estimate of drug-likeness (QED) is 0.775. The predicted octanol–water partition coefficient (Wildman–Crippen LogP) is 4.82. The van der Waals surface area contributed by atoms with Gasteiger partial charge in [0.25, 0.3) is 0 Å². The van der Waals surface area contributed by atoms with Crippen molar-refractivity contribution in [3.63, 3.8) is 0 Å². The number of nitrogens with one attached hydrogen (secondary N) is 1. The van der Waals surface area contributed by atoms with E-state index in [-0.39, 0.29) is 0 Å². The van der Waals surface area contributed by atoms with Gasteiger partial charge in [0.05, 0.1) is 0 Å².